The van der Waals surface area contributed by atoms with Crippen molar-refractivity contribution >= 4 is 40.2 Å². The first-order valence-electron chi connectivity index (χ1n) is 5.87. The van der Waals surface area contributed by atoms with Gasteiger partial charge in [0.1, 0.15) is 5.75 Å². The minimum atomic E-state index is 0.345. The third kappa shape index (κ3) is 2.07. The number of hydrogen-bond donors (Lipinski definition) is 1. The number of nitrogen functional groups attached to an aromatic ring is 1. The van der Waals surface area contributed by atoms with E-state index < -0.39 is 0 Å². The summed E-state index contributed by atoms with van der Waals surface area (Å²) in [6, 6.07) is 10.7. The van der Waals surface area contributed by atoms with Gasteiger partial charge in [0.05, 0.1) is 28.9 Å². The highest BCUT2D eigenvalue weighted by atomic mass is 35.5. The maximum atomic E-state index is 6.24. The van der Waals surface area contributed by atoms with Crippen LogP contribution in [0.1, 0.15) is 0 Å². The molecule has 0 bridgehead atoms. The van der Waals surface area contributed by atoms with Gasteiger partial charge in [-0.15, -0.1) is 0 Å². The molecule has 4 nitrogen and oxygen atoms in total. The van der Waals surface area contributed by atoms with Gasteiger partial charge in [0, 0.05) is 11.1 Å². The lowest BCUT2D eigenvalue weighted by molar-refractivity contribution is 0.415. The van der Waals surface area contributed by atoms with Gasteiger partial charge < -0.3 is 10.5 Å². The SMILES string of the molecule is COc1ccc2nc(N)n(-c3cc(Cl)ccc3Cl)c2c1. The Balaban J connectivity index is 2.34. The third-order valence-electron chi connectivity index (χ3n) is 3.04. The fraction of sp³-hybridized carbons (Fsp3) is 0.0714. The van der Waals surface area contributed by atoms with Gasteiger partial charge in [-0.2, -0.15) is 0 Å². The van der Waals surface area contributed by atoms with Crippen LogP contribution in [0.4, 0.5) is 5.95 Å². The summed E-state index contributed by atoms with van der Waals surface area (Å²) < 4.78 is 6.99. The van der Waals surface area contributed by atoms with Crippen LogP contribution in [0, 0.1) is 0 Å². The van der Waals surface area contributed by atoms with E-state index in [0.29, 0.717) is 21.7 Å². The van der Waals surface area contributed by atoms with E-state index in [0.717, 1.165) is 16.8 Å². The number of halogens is 2. The minimum Gasteiger partial charge on any atom is -0.497 e. The second-order valence-electron chi connectivity index (χ2n) is 4.26. The summed E-state index contributed by atoms with van der Waals surface area (Å²) >= 11 is 12.3. The quantitative estimate of drug-likeness (QED) is 0.780. The molecule has 0 saturated carbocycles. The largest absolute Gasteiger partial charge is 0.497 e. The molecule has 0 saturated heterocycles. The molecule has 0 amide bonds. The summed E-state index contributed by atoms with van der Waals surface area (Å²) in [7, 11) is 1.61. The molecule has 2 N–H and O–H groups in total. The molecular weight excluding hydrogens is 297 g/mol. The molecule has 3 aromatic rings. The molecule has 0 fully saturated rings. The van der Waals surface area contributed by atoms with E-state index in [1.807, 2.05) is 18.2 Å². The first-order valence-corrected chi connectivity index (χ1v) is 6.63. The molecule has 102 valence electrons. The number of nitrogens with two attached hydrogens (primary N) is 1. The molecule has 0 aliphatic rings. The number of anilines is 1. The van der Waals surface area contributed by atoms with Crippen molar-refractivity contribution in [1.29, 1.82) is 0 Å². The highest BCUT2D eigenvalue weighted by Crippen LogP contribution is 2.31. The monoisotopic (exact) mass is 307 g/mol. The predicted molar refractivity (Wildman–Crippen MR) is 82.1 cm³/mol. The van der Waals surface area contributed by atoms with E-state index in [-0.39, 0.29) is 0 Å². The van der Waals surface area contributed by atoms with Gasteiger partial charge >= 0.3 is 0 Å². The van der Waals surface area contributed by atoms with E-state index >= 15 is 0 Å². The lowest BCUT2D eigenvalue weighted by Gasteiger charge is -2.09. The van der Waals surface area contributed by atoms with Gasteiger partial charge in [-0.05, 0) is 30.3 Å². The van der Waals surface area contributed by atoms with Crippen molar-refractivity contribution in [2.24, 2.45) is 0 Å². The maximum Gasteiger partial charge on any atom is 0.205 e. The standard InChI is InChI=1S/C14H11Cl2N3O/c1-20-9-3-5-11-13(7-9)19(14(17)18-11)12-6-8(15)2-4-10(12)16/h2-7H,1H3,(H2,17,18). The van der Waals surface area contributed by atoms with Gasteiger partial charge in [0.15, 0.2) is 0 Å². The number of imidazole rings is 1. The summed E-state index contributed by atoms with van der Waals surface area (Å²) in [5.74, 6) is 1.06. The summed E-state index contributed by atoms with van der Waals surface area (Å²) in [5, 5.41) is 1.12. The normalized spacial score (nSPS) is 10.9. The average Bonchev–Trinajstić information content (AvgIpc) is 2.76. The second-order valence-corrected chi connectivity index (χ2v) is 5.10. The Hall–Kier alpha value is -1.91. The van der Waals surface area contributed by atoms with Crippen molar-refractivity contribution in [3.8, 4) is 11.4 Å². The van der Waals surface area contributed by atoms with E-state index in [2.05, 4.69) is 4.98 Å². The highest BCUT2D eigenvalue weighted by Gasteiger charge is 2.13. The van der Waals surface area contributed by atoms with Crippen molar-refractivity contribution in [3.63, 3.8) is 0 Å². The Kier molecular flexibility index (Phi) is 3.20. The van der Waals surface area contributed by atoms with Gasteiger partial charge in [-0.25, -0.2) is 4.98 Å². The van der Waals surface area contributed by atoms with Gasteiger partial charge in [0.2, 0.25) is 5.95 Å². The van der Waals surface area contributed by atoms with Crippen LogP contribution < -0.4 is 10.5 Å². The fourth-order valence-electron chi connectivity index (χ4n) is 2.11. The van der Waals surface area contributed by atoms with Crippen molar-refractivity contribution in [2.45, 2.75) is 0 Å². The van der Waals surface area contributed by atoms with Gasteiger partial charge in [-0.1, -0.05) is 23.2 Å². The maximum absolute atomic E-state index is 6.24. The summed E-state index contributed by atoms with van der Waals surface area (Å²) in [5.41, 5.74) is 8.27. The molecule has 3 rings (SSSR count). The van der Waals surface area contributed by atoms with Crippen LogP contribution in [0.5, 0.6) is 5.75 Å². The lowest BCUT2D eigenvalue weighted by Crippen LogP contribution is -2.01. The fourth-order valence-corrected chi connectivity index (χ4v) is 2.48. The molecule has 6 heteroatoms. The van der Waals surface area contributed by atoms with Crippen LogP contribution in [-0.2, 0) is 0 Å². The summed E-state index contributed by atoms with van der Waals surface area (Å²) in [6.45, 7) is 0. The van der Waals surface area contributed by atoms with E-state index in [1.54, 1.807) is 29.9 Å². The molecule has 1 heterocycles. The number of aromatic nitrogens is 2. The number of ether oxygens (including phenoxy) is 1. The number of methoxy groups -OCH3 is 1. The highest BCUT2D eigenvalue weighted by molar-refractivity contribution is 6.34. The zero-order valence-corrected chi connectivity index (χ0v) is 12.1. The van der Waals surface area contributed by atoms with Crippen molar-refractivity contribution in [1.82, 2.24) is 9.55 Å². The molecule has 20 heavy (non-hydrogen) atoms. The molecule has 0 aliphatic carbocycles. The third-order valence-corrected chi connectivity index (χ3v) is 3.59. The van der Waals surface area contributed by atoms with Crippen LogP contribution in [-0.4, -0.2) is 16.7 Å². The molecule has 1 aromatic heterocycles. The Morgan fingerprint density at radius 2 is 1.95 bits per heavy atom. The Morgan fingerprint density at radius 1 is 1.15 bits per heavy atom. The lowest BCUT2D eigenvalue weighted by atomic mass is 10.2. The molecule has 0 unspecified atom stereocenters. The average molecular weight is 308 g/mol. The molecule has 0 spiro atoms. The van der Waals surface area contributed by atoms with Gasteiger partial charge in [0.25, 0.3) is 0 Å². The van der Waals surface area contributed by atoms with Crippen LogP contribution >= 0.6 is 23.2 Å². The molecule has 0 atom stereocenters. The topological polar surface area (TPSA) is 53.1 Å². The Labute approximate surface area is 125 Å². The zero-order valence-electron chi connectivity index (χ0n) is 10.6. The van der Waals surface area contributed by atoms with Crippen LogP contribution in [0.25, 0.3) is 16.7 Å². The van der Waals surface area contributed by atoms with E-state index in [4.69, 9.17) is 33.7 Å². The number of fused-ring (bicyclic) bond motifs is 1. The Bertz CT molecular complexity index is 798. The number of hydrogen-bond acceptors (Lipinski definition) is 3. The second kappa shape index (κ2) is 4.89. The zero-order chi connectivity index (χ0) is 14.3. The molecule has 0 radical (unpaired) electrons. The predicted octanol–water partition coefficient (Wildman–Crippen LogP) is 3.92. The minimum absolute atomic E-state index is 0.345. The van der Waals surface area contributed by atoms with Crippen LogP contribution in [0.15, 0.2) is 36.4 Å². The van der Waals surface area contributed by atoms with Crippen LogP contribution in [0.3, 0.4) is 0 Å². The van der Waals surface area contributed by atoms with Crippen molar-refractivity contribution in [3.05, 3.63) is 46.4 Å². The molecule has 2 aromatic carbocycles. The first-order chi connectivity index (χ1) is 9.60. The summed E-state index contributed by atoms with van der Waals surface area (Å²) in [4.78, 5) is 4.32. The number of nitrogens with zero attached hydrogens (tertiary/aromatic N) is 2. The van der Waals surface area contributed by atoms with Crippen molar-refractivity contribution in [2.75, 3.05) is 12.8 Å². The molecular formula is C14H11Cl2N3O. The van der Waals surface area contributed by atoms with Crippen LogP contribution in [0.2, 0.25) is 10.0 Å². The number of rotatable bonds is 2. The molecule has 0 aliphatic heterocycles. The van der Waals surface area contributed by atoms with E-state index in [9.17, 15) is 0 Å². The van der Waals surface area contributed by atoms with Crippen molar-refractivity contribution < 1.29 is 4.74 Å². The first kappa shape index (κ1) is 13.1. The Morgan fingerprint density at radius 3 is 2.70 bits per heavy atom. The summed E-state index contributed by atoms with van der Waals surface area (Å²) in [6.07, 6.45) is 0. The smallest absolute Gasteiger partial charge is 0.205 e. The van der Waals surface area contributed by atoms with Gasteiger partial charge in [-0.3, -0.25) is 4.57 Å². The van der Waals surface area contributed by atoms with E-state index in [1.165, 1.54) is 0 Å². The number of benzene rings is 2.